The Kier molecular flexibility index (Phi) is 4.39. The minimum atomic E-state index is -0.102. The third kappa shape index (κ3) is 2.97. The Labute approximate surface area is 143 Å². The number of rotatable bonds is 4. The Morgan fingerprint density at radius 1 is 1.26 bits per heavy atom. The minimum Gasteiger partial charge on any atom is -0.493 e. The van der Waals surface area contributed by atoms with Crippen molar-refractivity contribution in [1.29, 1.82) is 0 Å². The number of benzene rings is 2. The first-order valence-electron chi connectivity index (χ1n) is 7.26. The van der Waals surface area contributed by atoms with Crippen LogP contribution in [-0.4, -0.2) is 19.6 Å². The van der Waals surface area contributed by atoms with Crippen molar-refractivity contribution in [2.75, 3.05) is 19.0 Å². The maximum absolute atomic E-state index is 12.2. The van der Waals surface area contributed by atoms with E-state index in [1.54, 1.807) is 7.11 Å². The standard InChI is InChI=1S/C18H16BrNO3/c1-3-23-17-14(19)9-11(10-16(17)22-2)8-13-12-6-4-5-7-15(12)20-18(13)21/h4-10H,3H2,1-2H3,(H,20,21)/b13-8+. The van der Waals surface area contributed by atoms with Crippen molar-refractivity contribution < 1.29 is 14.3 Å². The normalized spacial score (nSPS) is 14.6. The molecule has 0 spiro atoms. The molecule has 0 radical (unpaired) electrons. The molecule has 118 valence electrons. The topological polar surface area (TPSA) is 47.6 Å². The smallest absolute Gasteiger partial charge is 0.256 e. The van der Waals surface area contributed by atoms with E-state index in [0.29, 0.717) is 23.7 Å². The number of carbonyl (C=O) groups excluding carboxylic acids is 1. The second-order valence-corrected chi connectivity index (χ2v) is 5.88. The van der Waals surface area contributed by atoms with Gasteiger partial charge < -0.3 is 14.8 Å². The largest absolute Gasteiger partial charge is 0.493 e. The fraction of sp³-hybridized carbons (Fsp3) is 0.167. The maximum Gasteiger partial charge on any atom is 0.256 e. The molecule has 23 heavy (non-hydrogen) atoms. The lowest BCUT2D eigenvalue weighted by Crippen LogP contribution is -2.03. The first kappa shape index (κ1) is 15.6. The van der Waals surface area contributed by atoms with E-state index in [1.165, 1.54) is 0 Å². The van der Waals surface area contributed by atoms with Crippen LogP contribution in [0, 0.1) is 0 Å². The number of anilines is 1. The Morgan fingerprint density at radius 3 is 2.78 bits per heavy atom. The van der Waals surface area contributed by atoms with Crippen molar-refractivity contribution in [3.8, 4) is 11.5 Å². The van der Waals surface area contributed by atoms with E-state index in [1.807, 2.05) is 49.4 Å². The predicted molar refractivity (Wildman–Crippen MR) is 94.8 cm³/mol. The highest BCUT2D eigenvalue weighted by Crippen LogP contribution is 2.39. The number of fused-ring (bicyclic) bond motifs is 1. The summed E-state index contributed by atoms with van der Waals surface area (Å²) in [6.45, 7) is 2.47. The number of methoxy groups -OCH3 is 1. The number of hydrogen-bond acceptors (Lipinski definition) is 3. The zero-order valence-electron chi connectivity index (χ0n) is 12.9. The average Bonchev–Trinajstić information content (AvgIpc) is 2.86. The van der Waals surface area contributed by atoms with E-state index in [0.717, 1.165) is 21.3 Å². The summed E-state index contributed by atoms with van der Waals surface area (Å²) in [5, 5.41) is 2.87. The van der Waals surface area contributed by atoms with Gasteiger partial charge in [-0.25, -0.2) is 0 Å². The molecule has 0 bridgehead atoms. The molecule has 5 heteroatoms. The SMILES string of the molecule is CCOc1c(Br)cc(/C=C2/C(=O)Nc3ccccc32)cc1OC. The molecule has 0 aliphatic carbocycles. The van der Waals surface area contributed by atoms with Gasteiger partial charge >= 0.3 is 0 Å². The highest BCUT2D eigenvalue weighted by Gasteiger charge is 2.23. The molecular formula is C18H16BrNO3. The van der Waals surface area contributed by atoms with Crippen molar-refractivity contribution in [2.45, 2.75) is 6.92 Å². The lowest BCUT2D eigenvalue weighted by molar-refractivity contribution is -0.110. The van der Waals surface area contributed by atoms with Gasteiger partial charge in [0, 0.05) is 16.8 Å². The molecule has 1 amide bonds. The van der Waals surface area contributed by atoms with Gasteiger partial charge in [0.1, 0.15) is 0 Å². The van der Waals surface area contributed by atoms with E-state index in [9.17, 15) is 4.79 Å². The number of hydrogen-bond donors (Lipinski definition) is 1. The molecule has 2 aromatic rings. The van der Waals surface area contributed by atoms with E-state index in [-0.39, 0.29) is 5.91 Å². The van der Waals surface area contributed by atoms with Crippen LogP contribution in [0.2, 0.25) is 0 Å². The van der Waals surface area contributed by atoms with Gasteiger partial charge in [-0.1, -0.05) is 18.2 Å². The molecule has 1 heterocycles. The fourth-order valence-corrected chi connectivity index (χ4v) is 3.13. The van der Waals surface area contributed by atoms with Crippen molar-refractivity contribution in [1.82, 2.24) is 0 Å². The van der Waals surface area contributed by atoms with Gasteiger partial charge in [0.2, 0.25) is 0 Å². The molecular weight excluding hydrogens is 358 g/mol. The number of halogens is 1. The molecule has 2 aromatic carbocycles. The summed E-state index contributed by atoms with van der Waals surface area (Å²) in [5.74, 6) is 1.18. The molecule has 0 saturated carbocycles. The monoisotopic (exact) mass is 373 g/mol. The second kappa shape index (κ2) is 6.46. The van der Waals surface area contributed by atoms with Crippen LogP contribution < -0.4 is 14.8 Å². The highest BCUT2D eigenvalue weighted by molar-refractivity contribution is 9.10. The van der Waals surface area contributed by atoms with E-state index < -0.39 is 0 Å². The highest BCUT2D eigenvalue weighted by atomic mass is 79.9. The van der Waals surface area contributed by atoms with Crippen LogP contribution in [0.5, 0.6) is 11.5 Å². The van der Waals surface area contributed by atoms with Crippen LogP contribution in [-0.2, 0) is 4.79 Å². The summed E-state index contributed by atoms with van der Waals surface area (Å²) in [5.41, 5.74) is 3.24. The van der Waals surface area contributed by atoms with Crippen LogP contribution in [0.15, 0.2) is 40.9 Å². The molecule has 4 nitrogen and oxygen atoms in total. The third-order valence-electron chi connectivity index (χ3n) is 3.56. The third-order valence-corrected chi connectivity index (χ3v) is 4.15. The summed E-state index contributed by atoms with van der Waals surface area (Å²) in [4.78, 5) is 12.2. The summed E-state index contributed by atoms with van der Waals surface area (Å²) < 4.78 is 11.8. The molecule has 0 unspecified atom stereocenters. The molecule has 1 aliphatic rings. The first-order chi connectivity index (χ1) is 11.1. The average molecular weight is 374 g/mol. The van der Waals surface area contributed by atoms with Crippen LogP contribution in [0.1, 0.15) is 18.1 Å². The first-order valence-corrected chi connectivity index (χ1v) is 8.06. The molecule has 3 rings (SSSR count). The van der Waals surface area contributed by atoms with Gasteiger partial charge in [0.25, 0.3) is 5.91 Å². The zero-order chi connectivity index (χ0) is 16.4. The fourth-order valence-electron chi connectivity index (χ4n) is 2.56. The number of para-hydroxylation sites is 1. The molecule has 0 atom stereocenters. The lowest BCUT2D eigenvalue weighted by atomic mass is 10.0. The van der Waals surface area contributed by atoms with Crippen molar-refractivity contribution >= 4 is 39.2 Å². The number of nitrogens with one attached hydrogen (secondary N) is 1. The Hall–Kier alpha value is -2.27. The van der Waals surface area contributed by atoms with Crippen molar-refractivity contribution in [2.24, 2.45) is 0 Å². The van der Waals surface area contributed by atoms with Crippen molar-refractivity contribution in [3.05, 3.63) is 52.0 Å². The molecule has 1 N–H and O–H groups in total. The Morgan fingerprint density at radius 2 is 2.04 bits per heavy atom. The lowest BCUT2D eigenvalue weighted by Gasteiger charge is -2.12. The number of ether oxygens (including phenoxy) is 2. The van der Waals surface area contributed by atoms with Crippen molar-refractivity contribution in [3.63, 3.8) is 0 Å². The number of amides is 1. The summed E-state index contributed by atoms with van der Waals surface area (Å²) >= 11 is 3.50. The van der Waals surface area contributed by atoms with Gasteiger partial charge in [0.15, 0.2) is 11.5 Å². The summed E-state index contributed by atoms with van der Waals surface area (Å²) in [7, 11) is 1.60. The van der Waals surface area contributed by atoms with E-state index in [2.05, 4.69) is 21.2 Å². The van der Waals surface area contributed by atoms with Gasteiger partial charge in [-0.05, 0) is 52.7 Å². The Balaban J connectivity index is 2.06. The second-order valence-electron chi connectivity index (χ2n) is 5.02. The molecule has 0 fully saturated rings. The molecule has 0 saturated heterocycles. The molecule has 0 aromatic heterocycles. The minimum absolute atomic E-state index is 0.102. The van der Waals surface area contributed by atoms with Gasteiger partial charge in [-0.3, -0.25) is 4.79 Å². The van der Waals surface area contributed by atoms with E-state index >= 15 is 0 Å². The number of carbonyl (C=O) groups is 1. The van der Waals surface area contributed by atoms with Gasteiger partial charge in [-0.2, -0.15) is 0 Å². The molecule has 1 aliphatic heterocycles. The summed E-state index contributed by atoms with van der Waals surface area (Å²) in [6, 6.07) is 11.4. The van der Waals surface area contributed by atoms with E-state index in [4.69, 9.17) is 9.47 Å². The van der Waals surface area contributed by atoms with Gasteiger partial charge in [-0.15, -0.1) is 0 Å². The Bertz CT molecular complexity index is 799. The summed E-state index contributed by atoms with van der Waals surface area (Å²) in [6.07, 6.45) is 1.85. The predicted octanol–water partition coefficient (Wildman–Crippen LogP) is 4.35. The maximum atomic E-state index is 12.2. The van der Waals surface area contributed by atoms with Gasteiger partial charge in [0.05, 0.1) is 18.2 Å². The van der Waals surface area contributed by atoms with Crippen LogP contribution in [0.25, 0.3) is 11.6 Å². The van der Waals surface area contributed by atoms with Crippen LogP contribution in [0.3, 0.4) is 0 Å². The zero-order valence-corrected chi connectivity index (χ0v) is 14.4. The van der Waals surface area contributed by atoms with Crippen LogP contribution >= 0.6 is 15.9 Å². The quantitative estimate of drug-likeness (QED) is 0.810. The van der Waals surface area contributed by atoms with Crippen LogP contribution in [0.4, 0.5) is 5.69 Å².